The van der Waals surface area contributed by atoms with E-state index in [4.69, 9.17) is 9.84 Å². The van der Waals surface area contributed by atoms with E-state index in [2.05, 4.69) is 16.1 Å². The number of benzene rings is 1. The van der Waals surface area contributed by atoms with E-state index in [0.29, 0.717) is 6.04 Å². The van der Waals surface area contributed by atoms with Crippen molar-refractivity contribution in [1.29, 1.82) is 0 Å². The van der Waals surface area contributed by atoms with Crippen molar-refractivity contribution in [3.05, 3.63) is 18.2 Å². The maximum Gasteiger partial charge on any atom is 0.132 e. The molecular weight excluding hydrogens is 226 g/mol. The topological polar surface area (TPSA) is 39.1 Å². The molecule has 1 aromatic heterocycles. The second kappa shape index (κ2) is 3.64. The zero-order valence-electron chi connectivity index (χ0n) is 10.5. The van der Waals surface area contributed by atoms with Crippen molar-refractivity contribution in [2.75, 3.05) is 19.0 Å². The van der Waals surface area contributed by atoms with E-state index in [1.54, 1.807) is 7.11 Å². The molecule has 0 saturated heterocycles. The highest BCUT2D eigenvalue weighted by Gasteiger charge is 2.34. The van der Waals surface area contributed by atoms with Crippen LogP contribution in [0.5, 0.6) is 5.75 Å². The van der Waals surface area contributed by atoms with Gasteiger partial charge in [0.2, 0.25) is 0 Å². The standard InChI is InChI=1S/C14H17N3O/c1-18-10-5-6-12-11(7-10)14-15-8-9-3-2-4-13(9)17(14)16-12/h5-7,9,13,15H,2-4,8H2,1H3. The molecule has 94 valence electrons. The van der Waals surface area contributed by atoms with Crippen molar-refractivity contribution in [3.63, 3.8) is 0 Å². The highest BCUT2D eigenvalue weighted by Crippen LogP contribution is 2.42. The first-order valence-corrected chi connectivity index (χ1v) is 6.67. The molecule has 18 heavy (non-hydrogen) atoms. The summed E-state index contributed by atoms with van der Waals surface area (Å²) >= 11 is 0. The minimum Gasteiger partial charge on any atom is -0.497 e. The summed E-state index contributed by atoms with van der Waals surface area (Å²) in [6.45, 7) is 1.09. The summed E-state index contributed by atoms with van der Waals surface area (Å²) in [5.74, 6) is 2.83. The highest BCUT2D eigenvalue weighted by atomic mass is 16.5. The van der Waals surface area contributed by atoms with E-state index in [-0.39, 0.29) is 0 Å². The number of hydrogen-bond donors (Lipinski definition) is 1. The number of aromatic nitrogens is 2. The molecule has 2 unspecified atom stereocenters. The minimum atomic E-state index is 0.597. The van der Waals surface area contributed by atoms with E-state index in [9.17, 15) is 0 Å². The molecule has 1 N–H and O–H groups in total. The van der Waals surface area contributed by atoms with Gasteiger partial charge in [-0.25, -0.2) is 4.68 Å². The predicted octanol–water partition coefficient (Wildman–Crippen LogP) is 2.81. The molecule has 4 rings (SSSR count). The van der Waals surface area contributed by atoms with Crippen LogP contribution in [-0.2, 0) is 0 Å². The summed E-state index contributed by atoms with van der Waals surface area (Å²) < 4.78 is 7.52. The second-order valence-corrected chi connectivity index (χ2v) is 5.32. The Morgan fingerprint density at radius 1 is 1.39 bits per heavy atom. The van der Waals surface area contributed by atoms with Crippen molar-refractivity contribution in [3.8, 4) is 5.75 Å². The van der Waals surface area contributed by atoms with Gasteiger partial charge in [0, 0.05) is 11.9 Å². The number of methoxy groups -OCH3 is 1. The van der Waals surface area contributed by atoms with Crippen LogP contribution >= 0.6 is 0 Å². The van der Waals surface area contributed by atoms with Crippen LogP contribution in [0, 0.1) is 5.92 Å². The van der Waals surface area contributed by atoms with Crippen LogP contribution in [0.25, 0.3) is 10.9 Å². The van der Waals surface area contributed by atoms with Crippen LogP contribution in [0.1, 0.15) is 25.3 Å². The van der Waals surface area contributed by atoms with Crippen LogP contribution in [0.3, 0.4) is 0 Å². The number of nitrogens with one attached hydrogen (secondary N) is 1. The van der Waals surface area contributed by atoms with Crippen LogP contribution in [0.15, 0.2) is 18.2 Å². The Balaban J connectivity index is 1.91. The zero-order chi connectivity index (χ0) is 12.1. The van der Waals surface area contributed by atoms with Gasteiger partial charge in [-0.2, -0.15) is 5.10 Å². The Hall–Kier alpha value is -1.71. The molecule has 0 radical (unpaired) electrons. The monoisotopic (exact) mass is 243 g/mol. The maximum atomic E-state index is 5.30. The summed E-state index contributed by atoms with van der Waals surface area (Å²) in [7, 11) is 1.71. The Kier molecular flexibility index (Phi) is 2.07. The van der Waals surface area contributed by atoms with Crippen molar-refractivity contribution >= 4 is 16.7 Å². The van der Waals surface area contributed by atoms with Crippen LogP contribution in [-0.4, -0.2) is 23.4 Å². The van der Waals surface area contributed by atoms with E-state index < -0.39 is 0 Å². The Morgan fingerprint density at radius 2 is 2.33 bits per heavy atom. The van der Waals surface area contributed by atoms with Gasteiger partial charge in [0.15, 0.2) is 0 Å². The molecule has 4 heteroatoms. The molecule has 0 amide bonds. The molecule has 0 spiro atoms. The first-order valence-electron chi connectivity index (χ1n) is 6.67. The Bertz CT molecular complexity index is 604. The van der Waals surface area contributed by atoms with Crippen LogP contribution < -0.4 is 10.1 Å². The number of hydrogen-bond acceptors (Lipinski definition) is 3. The average Bonchev–Trinajstić information content (AvgIpc) is 3.01. The normalized spacial score (nSPS) is 25.6. The lowest BCUT2D eigenvalue weighted by atomic mass is 10.0. The third kappa shape index (κ3) is 1.29. The lowest BCUT2D eigenvalue weighted by Crippen LogP contribution is -2.29. The molecule has 0 bridgehead atoms. The Labute approximate surface area is 106 Å². The summed E-state index contributed by atoms with van der Waals surface area (Å²) in [4.78, 5) is 0. The van der Waals surface area contributed by atoms with Crippen LogP contribution in [0.2, 0.25) is 0 Å². The molecule has 2 heterocycles. The quantitative estimate of drug-likeness (QED) is 0.837. The van der Waals surface area contributed by atoms with Crippen LogP contribution in [0.4, 0.5) is 5.82 Å². The van der Waals surface area contributed by atoms with Gasteiger partial charge < -0.3 is 10.1 Å². The summed E-state index contributed by atoms with van der Waals surface area (Å²) in [6, 6.07) is 6.70. The van der Waals surface area contributed by atoms with E-state index in [1.807, 2.05) is 12.1 Å². The maximum absolute atomic E-state index is 5.30. The molecule has 1 saturated carbocycles. The molecule has 1 aliphatic heterocycles. The molecule has 4 nitrogen and oxygen atoms in total. The number of ether oxygens (including phenoxy) is 1. The summed E-state index contributed by atoms with van der Waals surface area (Å²) in [5, 5.41) is 9.50. The molecular formula is C14H17N3O. The first-order chi connectivity index (χ1) is 8.86. The van der Waals surface area contributed by atoms with Crippen molar-refractivity contribution in [2.24, 2.45) is 5.92 Å². The van der Waals surface area contributed by atoms with E-state index in [0.717, 1.165) is 23.7 Å². The molecule has 2 atom stereocenters. The average molecular weight is 243 g/mol. The number of anilines is 1. The fraction of sp³-hybridized carbons (Fsp3) is 0.500. The smallest absolute Gasteiger partial charge is 0.132 e. The van der Waals surface area contributed by atoms with Gasteiger partial charge in [-0.3, -0.25) is 0 Å². The van der Waals surface area contributed by atoms with E-state index >= 15 is 0 Å². The highest BCUT2D eigenvalue weighted by molar-refractivity contribution is 5.91. The molecule has 1 aromatic carbocycles. The summed E-state index contributed by atoms with van der Waals surface area (Å²) in [5.41, 5.74) is 1.06. The van der Waals surface area contributed by atoms with Crippen molar-refractivity contribution < 1.29 is 4.74 Å². The van der Waals surface area contributed by atoms with Crippen molar-refractivity contribution in [2.45, 2.75) is 25.3 Å². The lowest BCUT2D eigenvalue weighted by molar-refractivity contribution is 0.349. The van der Waals surface area contributed by atoms with Gasteiger partial charge in [0.25, 0.3) is 0 Å². The minimum absolute atomic E-state index is 0.597. The van der Waals surface area contributed by atoms with E-state index in [1.165, 1.54) is 30.5 Å². The zero-order valence-corrected chi connectivity index (χ0v) is 10.5. The molecule has 2 aliphatic rings. The molecule has 2 aromatic rings. The first kappa shape index (κ1) is 10.2. The number of rotatable bonds is 1. The second-order valence-electron chi connectivity index (χ2n) is 5.32. The van der Waals surface area contributed by atoms with Gasteiger partial charge in [-0.05, 0) is 37.0 Å². The number of nitrogens with zero attached hydrogens (tertiary/aromatic N) is 2. The summed E-state index contributed by atoms with van der Waals surface area (Å²) in [6.07, 6.45) is 3.93. The SMILES string of the molecule is COc1ccc2nn3c(c2c1)NCC1CCCC13. The van der Waals surface area contributed by atoms with Gasteiger partial charge in [0.05, 0.1) is 18.7 Å². The van der Waals surface area contributed by atoms with Gasteiger partial charge >= 0.3 is 0 Å². The predicted molar refractivity (Wildman–Crippen MR) is 71.2 cm³/mol. The largest absolute Gasteiger partial charge is 0.497 e. The fourth-order valence-electron chi connectivity index (χ4n) is 3.43. The van der Waals surface area contributed by atoms with Crippen molar-refractivity contribution in [1.82, 2.24) is 9.78 Å². The lowest BCUT2D eigenvalue weighted by Gasteiger charge is -2.28. The number of fused-ring (bicyclic) bond motifs is 5. The third-order valence-electron chi connectivity index (χ3n) is 4.37. The van der Waals surface area contributed by atoms with Gasteiger partial charge in [-0.15, -0.1) is 0 Å². The Morgan fingerprint density at radius 3 is 3.22 bits per heavy atom. The molecule has 1 fully saturated rings. The van der Waals surface area contributed by atoms with Gasteiger partial charge in [0.1, 0.15) is 11.6 Å². The van der Waals surface area contributed by atoms with Gasteiger partial charge in [-0.1, -0.05) is 6.42 Å². The molecule has 1 aliphatic carbocycles. The third-order valence-corrected chi connectivity index (χ3v) is 4.37. The fourth-order valence-corrected chi connectivity index (χ4v) is 3.43.